The molecule has 3 aromatic rings. The van der Waals surface area contributed by atoms with Crippen LogP contribution in [0.5, 0.6) is 5.75 Å². The number of hydrogen-bond acceptors (Lipinski definition) is 4. The maximum absolute atomic E-state index is 14.4. The number of benzene rings is 3. The zero-order valence-electron chi connectivity index (χ0n) is 22.7. The van der Waals surface area contributed by atoms with Gasteiger partial charge in [0.2, 0.25) is 0 Å². The van der Waals surface area contributed by atoms with Gasteiger partial charge in [0.25, 0.3) is 11.8 Å². The molecule has 6 rings (SSSR count). The Morgan fingerprint density at radius 2 is 1.68 bits per heavy atom. The summed E-state index contributed by atoms with van der Waals surface area (Å²) in [6, 6.07) is 21.2. The molecule has 1 aliphatic carbocycles. The molecule has 3 aliphatic rings. The lowest BCUT2D eigenvalue weighted by molar-refractivity contribution is -0.126. The number of carbonyl (C=O) groups excluding carboxylic acids is 2. The fourth-order valence-corrected chi connectivity index (χ4v) is 6.48. The molecule has 2 heterocycles. The zero-order chi connectivity index (χ0) is 27.5. The minimum absolute atomic E-state index is 0.0905. The van der Waals surface area contributed by atoms with Gasteiger partial charge in [-0.3, -0.25) is 14.5 Å². The summed E-state index contributed by atoms with van der Waals surface area (Å²) in [4.78, 5) is 30.3. The molecule has 2 aliphatic heterocycles. The third kappa shape index (κ3) is 5.75. The van der Waals surface area contributed by atoms with Crippen molar-refractivity contribution in [2.45, 2.75) is 51.2 Å². The van der Waals surface area contributed by atoms with Crippen LogP contribution in [0, 0.1) is 17.7 Å². The molecule has 0 bridgehead atoms. The van der Waals surface area contributed by atoms with E-state index in [9.17, 15) is 14.0 Å². The van der Waals surface area contributed by atoms with Crippen LogP contribution in [-0.2, 0) is 17.8 Å². The second-order valence-corrected chi connectivity index (χ2v) is 11.3. The average molecular weight is 542 g/mol. The fraction of sp³-hybridized carbons (Fsp3) is 0.394. The minimum Gasteiger partial charge on any atom is -0.478 e. The predicted molar refractivity (Wildman–Crippen MR) is 153 cm³/mol. The van der Waals surface area contributed by atoms with Gasteiger partial charge in [-0.2, -0.15) is 0 Å². The first-order chi connectivity index (χ1) is 19.5. The van der Waals surface area contributed by atoms with Gasteiger partial charge in [0, 0.05) is 30.6 Å². The van der Waals surface area contributed by atoms with Gasteiger partial charge in [0.15, 0.2) is 6.10 Å². The van der Waals surface area contributed by atoms with Crippen LogP contribution in [0.1, 0.15) is 53.6 Å². The van der Waals surface area contributed by atoms with Crippen LogP contribution in [0.4, 0.5) is 10.1 Å². The van der Waals surface area contributed by atoms with Gasteiger partial charge in [-0.15, -0.1) is 0 Å². The number of likely N-dealkylation sites (tertiary alicyclic amines) is 1. The molecule has 1 N–H and O–H groups in total. The van der Waals surface area contributed by atoms with Crippen LogP contribution >= 0.6 is 0 Å². The molecule has 1 saturated heterocycles. The molecule has 7 heteroatoms. The lowest BCUT2D eigenvalue weighted by Crippen LogP contribution is -2.46. The lowest BCUT2D eigenvalue weighted by atomic mass is 9.75. The van der Waals surface area contributed by atoms with E-state index in [1.807, 2.05) is 36.4 Å². The summed E-state index contributed by atoms with van der Waals surface area (Å²) < 4.78 is 20.5. The van der Waals surface area contributed by atoms with Crippen LogP contribution in [-0.4, -0.2) is 42.6 Å². The van der Waals surface area contributed by atoms with E-state index in [4.69, 9.17) is 4.74 Å². The summed E-state index contributed by atoms with van der Waals surface area (Å²) in [6.45, 7) is 2.83. The molecule has 1 saturated carbocycles. The Morgan fingerprint density at radius 1 is 0.925 bits per heavy atom. The highest BCUT2D eigenvalue weighted by molar-refractivity contribution is 6.00. The van der Waals surface area contributed by atoms with Gasteiger partial charge >= 0.3 is 0 Å². The highest BCUT2D eigenvalue weighted by Gasteiger charge is 2.35. The van der Waals surface area contributed by atoms with Crippen molar-refractivity contribution in [2.75, 3.05) is 24.7 Å². The van der Waals surface area contributed by atoms with E-state index in [-0.39, 0.29) is 24.2 Å². The fourth-order valence-electron chi connectivity index (χ4n) is 6.48. The van der Waals surface area contributed by atoms with Crippen LogP contribution in [0.25, 0.3) is 0 Å². The normalized spacial score (nSPS) is 22.7. The lowest BCUT2D eigenvalue weighted by Gasteiger charge is -2.41. The molecule has 2 amide bonds. The smallest absolute Gasteiger partial charge is 0.268 e. The van der Waals surface area contributed by atoms with E-state index >= 15 is 0 Å². The molecule has 2 fully saturated rings. The number of halogens is 1. The van der Waals surface area contributed by atoms with Crippen LogP contribution in [0.3, 0.4) is 0 Å². The molecule has 3 aromatic carbocycles. The van der Waals surface area contributed by atoms with E-state index in [1.54, 1.807) is 35.2 Å². The number of rotatable bonds is 7. The van der Waals surface area contributed by atoms with Crippen molar-refractivity contribution in [1.82, 2.24) is 10.2 Å². The molecular formula is C33H36FN3O3. The Kier molecular flexibility index (Phi) is 7.82. The molecule has 208 valence electrons. The largest absolute Gasteiger partial charge is 0.478 e. The maximum Gasteiger partial charge on any atom is 0.268 e. The first-order valence-corrected chi connectivity index (χ1v) is 14.4. The summed E-state index contributed by atoms with van der Waals surface area (Å²) in [5.41, 5.74) is 2.56. The molecule has 3 atom stereocenters. The van der Waals surface area contributed by atoms with E-state index < -0.39 is 6.10 Å². The van der Waals surface area contributed by atoms with Gasteiger partial charge in [-0.05, 0) is 60.6 Å². The second kappa shape index (κ2) is 11.8. The molecule has 40 heavy (non-hydrogen) atoms. The van der Waals surface area contributed by atoms with Gasteiger partial charge in [0.1, 0.15) is 11.6 Å². The van der Waals surface area contributed by atoms with Crippen molar-refractivity contribution in [3.8, 4) is 5.75 Å². The van der Waals surface area contributed by atoms with Crippen molar-refractivity contribution in [3.05, 3.63) is 95.3 Å². The first-order valence-electron chi connectivity index (χ1n) is 14.4. The molecule has 3 unspecified atom stereocenters. The summed E-state index contributed by atoms with van der Waals surface area (Å²) >= 11 is 0. The number of ether oxygens (including phenoxy) is 1. The summed E-state index contributed by atoms with van der Waals surface area (Å²) in [7, 11) is 0. The van der Waals surface area contributed by atoms with Crippen LogP contribution in [0.2, 0.25) is 0 Å². The van der Waals surface area contributed by atoms with Gasteiger partial charge < -0.3 is 15.0 Å². The molecule has 0 radical (unpaired) electrons. The third-order valence-corrected chi connectivity index (χ3v) is 8.73. The Labute approximate surface area is 235 Å². The molecule has 0 spiro atoms. The summed E-state index contributed by atoms with van der Waals surface area (Å²) in [6.07, 6.45) is 6.22. The van der Waals surface area contributed by atoms with E-state index in [0.717, 1.165) is 30.5 Å². The van der Waals surface area contributed by atoms with Crippen molar-refractivity contribution in [3.63, 3.8) is 0 Å². The van der Waals surface area contributed by atoms with Crippen LogP contribution in [0.15, 0.2) is 72.8 Å². The van der Waals surface area contributed by atoms with Crippen molar-refractivity contribution in [1.29, 1.82) is 0 Å². The number of anilines is 1. The summed E-state index contributed by atoms with van der Waals surface area (Å²) in [5, 5.41) is 3.09. The Morgan fingerprint density at radius 3 is 2.50 bits per heavy atom. The standard InChI is InChI=1S/C33H36FN3O3/c34-28-10-4-3-9-27(28)21-37-29-11-5-6-12-30(29)40-31(33(37)39)19-23-13-15-25(16-14-23)32(38)35-22-36-18-17-24-7-1-2-8-26(24)20-36/h3-6,9-16,24,26,31H,1-2,7-8,17-22H2,(H,35,38). The molecule has 0 aromatic heterocycles. The van der Waals surface area contributed by atoms with E-state index in [2.05, 4.69) is 10.2 Å². The number of piperidine rings is 1. The number of carbonyl (C=O) groups is 2. The van der Waals surface area contributed by atoms with Crippen molar-refractivity contribution < 1.29 is 18.7 Å². The van der Waals surface area contributed by atoms with E-state index in [1.165, 1.54) is 38.2 Å². The average Bonchev–Trinajstić information content (AvgIpc) is 2.99. The second-order valence-electron chi connectivity index (χ2n) is 11.3. The zero-order valence-corrected chi connectivity index (χ0v) is 22.7. The SMILES string of the molecule is O=C(NCN1CCC2CCCCC2C1)c1ccc(CC2Oc3ccccc3N(Cc3ccccc3F)C2=O)cc1. The van der Waals surface area contributed by atoms with Gasteiger partial charge in [-0.25, -0.2) is 4.39 Å². The minimum atomic E-state index is -0.746. The number of amides is 2. The number of nitrogens with zero attached hydrogens (tertiary/aromatic N) is 2. The monoisotopic (exact) mass is 541 g/mol. The number of hydrogen-bond donors (Lipinski definition) is 1. The third-order valence-electron chi connectivity index (χ3n) is 8.73. The number of nitrogens with one attached hydrogen (secondary N) is 1. The van der Waals surface area contributed by atoms with E-state index in [0.29, 0.717) is 35.7 Å². The first kappa shape index (κ1) is 26.5. The maximum atomic E-state index is 14.4. The Bertz CT molecular complexity index is 1360. The Hall–Kier alpha value is -3.71. The number of fused-ring (bicyclic) bond motifs is 2. The number of para-hydroxylation sites is 2. The predicted octanol–water partition coefficient (Wildman–Crippen LogP) is 5.56. The summed E-state index contributed by atoms with van der Waals surface area (Å²) in [5.74, 6) is 1.59. The van der Waals surface area contributed by atoms with Gasteiger partial charge in [-0.1, -0.05) is 61.7 Å². The topological polar surface area (TPSA) is 61.9 Å². The van der Waals surface area contributed by atoms with Crippen molar-refractivity contribution in [2.24, 2.45) is 11.8 Å². The molecule has 6 nitrogen and oxygen atoms in total. The highest BCUT2D eigenvalue weighted by Crippen LogP contribution is 2.37. The Balaban J connectivity index is 1.08. The van der Waals surface area contributed by atoms with Crippen molar-refractivity contribution >= 4 is 17.5 Å². The van der Waals surface area contributed by atoms with Crippen LogP contribution < -0.4 is 15.0 Å². The molecular weight excluding hydrogens is 505 g/mol. The highest BCUT2D eigenvalue weighted by atomic mass is 19.1. The van der Waals surface area contributed by atoms with Gasteiger partial charge in [0.05, 0.1) is 18.9 Å². The quantitative estimate of drug-likeness (QED) is 0.425.